The molecule has 0 aromatic heterocycles. The summed E-state index contributed by atoms with van der Waals surface area (Å²) in [6.07, 6.45) is 10.0. The van der Waals surface area contributed by atoms with Crippen LogP contribution in [0.15, 0.2) is 0 Å². The van der Waals surface area contributed by atoms with Gasteiger partial charge in [-0.2, -0.15) is 0 Å². The first kappa shape index (κ1) is 25.1. The van der Waals surface area contributed by atoms with Crippen LogP contribution in [0.5, 0.6) is 0 Å². The van der Waals surface area contributed by atoms with Crippen LogP contribution >= 0.6 is 7.60 Å². The number of carbonyl (C=O) groups is 2. The number of unbranched alkanes of at least 4 members (excludes halogenated alkanes) is 8. The average Bonchev–Trinajstić information content (AvgIpc) is 2.54. The van der Waals surface area contributed by atoms with E-state index >= 15 is 0 Å². The Morgan fingerprint density at radius 3 is 2.28 bits per heavy atom. The van der Waals surface area contributed by atoms with Crippen molar-refractivity contribution in [2.75, 3.05) is 13.2 Å². The molecule has 2 unspecified atom stereocenters. The summed E-state index contributed by atoms with van der Waals surface area (Å²) in [6.45, 7) is 1.81. The smallest absolute Gasteiger partial charge is 0.436 e. The maximum absolute atomic E-state index is 11.6. The minimum Gasteiger partial charge on any atom is -0.462 e. The second-order valence-corrected chi connectivity index (χ2v) is 7.75. The minimum absolute atomic E-state index is 0. The second kappa shape index (κ2) is 14.2. The van der Waals surface area contributed by atoms with Crippen molar-refractivity contribution in [2.45, 2.75) is 77.2 Å². The fourth-order valence-corrected chi connectivity index (χ4v) is 3.16. The van der Waals surface area contributed by atoms with E-state index in [-0.39, 0.29) is 48.7 Å². The number of ether oxygens (including phenoxy) is 2. The third kappa shape index (κ3) is 11.4. The third-order valence-corrected chi connectivity index (χ3v) is 4.91. The first-order valence-electron chi connectivity index (χ1n) is 8.80. The molecule has 1 aliphatic heterocycles. The van der Waals surface area contributed by atoms with Crippen LogP contribution in [0, 0.1) is 0 Å². The molecule has 9 heteroatoms. The average molecular weight is 387 g/mol. The van der Waals surface area contributed by atoms with Crippen LogP contribution in [0.1, 0.15) is 71.1 Å². The van der Waals surface area contributed by atoms with Gasteiger partial charge in [-0.1, -0.05) is 58.3 Å². The monoisotopic (exact) mass is 387 g/mol. The summed E-state index contributed by atoms with van der Waals surface area (Å²) in [6, 6.07) is 0. The maximum Gasteiger partial charge on any atom is 0.436 e. The third-order valence-electron chi connectivity index (χ3n) is 3.85. The van der Waals surface area contributed by atoms with E-state index in [4.69, 9.17) is 14.4 Å². The summed E-state index contributed by atoms with van der Waals surface area (Å²) >= 11 is 0. The van der Waals surface area contributed by atoms with Crippen molar-refractivity contribution >= 4 is 48.8 Å². The number of hydrogen-bond acceptors (Lipinski definition) is 6. The second-order valence-electron chi connectivity index (χ2n) is 6.08. The van der Waals surface area contributed by atoms with Gasteiger partial charge < -0.3 is 14.4 Å². The Morgan fingerprint density at radius 2 is 1.72 bits per heavy atom. The van der Waals surface area contributed by atoms with E-state index in [0.717, 1.165) is 19.3 Å². The molecule has 7 nitrogen and oxygen atoms in total. The number of rotatable bonds is 12. The number of hydrogen-bond donors (Lipinski definition) is 1. The molecular weight excluding hydrogens is 358 g/mol. The summed E-state index contributed by atoms with van der Waals surface area (Å²) < 4.78 is 25.3. The number of carbonyl (C=O) groups excluding carboxylic acids is 2. The van der Waals surface area contributed by atoms with Crippen LogP contribution < -0.4 is 0 Å². The van der Waals surface area contributed by atoms with Crippen molar-refractivity contribution in [3.05, 3.63) is 0 Å². The molecule has 1 N–H and O–H groups in total. The van der Waals surface area contributed by atoms with Crippen molar-refractivity contribution in [2.24, 2.45) is 0 Å². The van der Waals surface area contributed by atoms with Gasteiger partial charge in [-0.3, -0.25) is 9.32 Å². The van der Waals surface area contributed by atoms with Crippen molar-refractivity contribution < 1.29 is 33.0 Å². The Balaban J connectivity index is 0.00000576. The van der Waals surface area contributed by atoms with Gasteiger partial charge >= 0.3 is 19.3 Å². The molecule has 0 aliphatic carbocycles. The predicted octanol–water partition coefficient (Wildman–Crippen LogP) is 3.79. The first-order valence-corrected chi connectivity index (χ1v) is 10.4. The molecule has 1 heterocycles. The molecule has 0 aromatic carbocycles. The Kier molecular flexibility index (Phi) is 14.2. The van der Waals surface area contributed by atoms with E-state index in [1.807, 2.05) is 0 Å². The SMILES string of the molecule is CCCCCCCCCCCC(=O)OCC1COP(=O)(O)C(=O)O1.[Na]. The summed E-state index contributed by atoms with van der Waals surface area (Å²) in [4.78, 5) is 31.8. The quantitative estimate of drug-likeness (QED) is 0.235. The van der Waals surface area contributed by atoms with Gasteiger partial charge in [0.25, 0.3) is 0 Å². The van der Waals surface area contributed by atoms with E-state index in [9.17, 15) is 14.2 Å². The molecule has 1 saturated heterocycles. The van der Waals surface area contributed by atoms with Crippen LogP contribution in [0.3, 0.4) is 0 Å². The summed E-state index contributed by atoms with van der Waals surface area (Å²) in [5, 5.41) is 0. The van der Waals surface area contributed by atoms with Crippen LogP contribution in [-0.4, -0.2) is 65.4 Å². The molecule has 0 saturated carbocycles. The molecule has 25 heavy (non-hydrogen) atoms. The fourth-order valence-electron chi connectivity index (χ4n) is 2.40. The molecule has 141 valence electrons. The molecule has 1 aliphatic rings. The van der Waals surface area contributed by atoms with Crippen LogP contribution in [0.4, 0.5) is 4.79 Å². The van der Waals surface area contributed by atoms with Crippen molar-refractivity contribution in [1.82, 2.24) is 0 Å². The molecule has 1 fully saturated rings. The molecule has 0 bridgehead atoms. The van der Waals surface area contributed by atoms with Gasteiger partial charge in [0.2, 0.25) is 0 Å². The zero-order valence-electron chi connectivity index (χ0n) is 15.4. The van der Waals surface area contributed by atoms with Gasteiger partial charge in [-0.15, -0.1) is 0 Å². The van der Waals surface area contributed by atoms with Crippen LogP contribution in [0.2, 0.25) is 0 Å². The number of esters is 1. The topological polar surface area (TPSA) is 99.1 Å². The van der Waals surface area contributed by atoms with Crippen LogP contribution in [-0.2, 0) is 23.4 Å². The molecule has 0 amide bonds. The Bertz CT molecular complexity index is 444. The summed E-state index contributed by atoms with van der Waals surface area (Å²) in [5.41, 5.74) is -1.30. The van der Waals surface area contributed by atoms with E-state index in [0.29, 0.717) is 6.42 Å². The minimum atomic E-state index is -4.30. The Morgan fingerprint density at radius 1 is 1.16 bits per heavy atom. The molecule has 1 radical (unpaired) electrons. The zero-order valence-corrected chi connectivity index (χ0v) is 18.3. The zero-order chi connectivity index (χ0) is 17.8. The normalized spacial score (nSPS) is 22.8. The van der Waals surface area contributed by atoms with Gasteiger partial charge in [0.1, 0.15) is 6.61 Å². The van der Waals surface area contributed by atoms with Crippen molar-refractivity contribution in [1.29, 1.82) is 0 Å². The molecule has 2 atom stereocenters. The van der Waals surface area contributed by atoms with Crippen LogP contribution in [0.25, 0.3) is 0 Å². The van der Waals surface area contributed by atoms with Crippen molar-refractivity contribution in [3.63, 3.8) is 0 Å². The molecule has 1 rings (SSSR count). The Labute approximate surface area is 172 Å². The van der Waals surface area contributed by atoms with Crippen molar-refractivity contribution in [3.8, 4) is 0 Å². The molecule has 0 aromatic rings. The summed E-state index contributed by atoms with van der Waals surface area (Å²) in [5.74, 6) is -0.355. The molecular formula is C16H29NaO7P. The van der Waals surface area contributed by atoms with Gasteiger partial charge in [0.15, 0.2) is 6.10 Å². The van der Waals surface area contributed by atoms with Gasteiger partial charge in [0, 0.05) is 36.0 Å². The van der Waals surface area contributed by atoms with Gasteiger partial charge in [-0.05, 0) is 6.42 Å². The van der Waals surface area contributed by atoms with E-state index in [1.165, 1.54) is 38.5 Å². The predicted molar refractivity (Wildman–Crippen MR) is 94.6 cm³/mol. The van der Waals surface area contributed by atoms with E-state index < -0.39 is 19.4 Å². The van der Waals surface area contributed by atoms with E-state index in [2.05, 4.69) is 11.4 Å². The first-order chi connectivity index (χ1) is 11.5. The fraction of sp³-hybridized carbons (Fsp3) is 0.875. The van der Waals surface area contributed by atoms with Gasteiger partial charge in [-0.25, -0.2) is 9.36 Å². The largest absolute Gasteiger partial charge is 0.462 e. The van der Waals surface area contributed by atoms with E-state index in [1.54, 1.807) is 0 Å². The maximum atomic E-state index is 11.6. The standard InChI is InChI=1S/C16H29O7P.Na/c1-2-3-4-5-6-7-8-9-10-11-15(17)21-12-14-13-22-24(19,20)16(18)23-14;/h14H,2-13H2,1H3,(H,19,20);. The Hall–Kier alpha value is 0.0900. The molecule has 0 spiro atoms. The van der Waals surface area contributed by atoms with Gasteiger partial charge in [0.05, 0.1) is 6.61 Å². The number of cyclic esters (lactones) is 1. The summed E-state index contributed by atoms with van der Waals surface area (Å²) in [7, 11) is -4.30.